The van der Waals surface area contributed by atoms with E-state index in [1.165, 1.54) is 12.1 Å². The molecular formula is C14H18Cl2N2O3. The van der Waals surface area contributed by atoms with Crippen LogP contribution in [0.1, 0.15) is 20.3 Å². The highest BCUT2D eigenvalue weighted by atomic mass is 35.5. The summed E-state index contributed by atoms with van der Waals surface area (Å²) in [6.07, 6.45) is 0.387. The van der Waals surface area contributed by atoms with E-state index in [1.807, 2.05) is 13.8 Å². The van der Waals surface area contributed by atoms with Gasteiger partial charge in [-0.05, 0) is 30.5 Å². The number of halogens is 2. The number of nitrogens with one attached hydrogen (secondary N) is 2. The summed E-state index contributed by atoms with van der Waals surface area (Å²) in [6, 6.07) is 4.28. The van der Waals surface area contributed by atoms with Gasteiger partial charge in [-0.15, -0.1) is 0 Å². The van der Waals surface area contributed by atoms with E-state index in [2.05, 4.69) is 10.6 Å². The second kappa shape index (κ2) is 8.22. The normalized spacial score (nSPS) is 12.1. The van der Waals surface area contributed by atoms with Gasteiger partial charge in [0.1, 0.15) is 0 Å². The molecule has 0 saturated heterocycles. The third kappa shape index (κ3) is 5.53. The highest BCUT2D eigenvalue weighted by Crippen LogP contribution is 2.25. The van der Waals surface area contributed by atoms with E-state index >= 15 is 0 Å². The summed E-state index contributed by atoms with van der Waals surface area (Å²) in [5.74, 6) is -1.48. The summed E-state index contributed by atoms with van der Waals surface area (Å²) < 4.78 is 0. The van der Waals surface area contributed by atoms with Crippen LogP contribution < -0.4 is 10.6 Å². The lowest BCUT2D eigenvalue weighted by Gasteiger charge is -2.21. The number of rotatable bonds is 5. The van der Waals surface area contributed by atoms with Crippen molar-refractivity contribution in [3.05, 3.63) is 28.2 Å². The molecule has 21 heavy (non-hydrogen) atoms. The lowest BCUT2D eigenvalue weighted by molar-refractivity contribution is -0.136. The molecule has 0 aromatic heterocycles. The van der Waals surface area contributed by atoms with Crippen molar-refractivity contribution in [2.75, 3.05) is 11.9 Å². The van der Waals surface area contributed by atoms with Gasteiger partial charge in [-0.1, -0.05) is 37.0 Å². The van der Waals surface area contributed by atoms with E-state index in [0.717, 1.165) is 0 Å². The van der Waals surface area contributed by atoms with Crippen molar-refractivity contribution in [3.8, 4) is 0 Å². The molecule has 0 bridgehead atoms. The van der Waals surface area contributed by atoms with Crippen molar-refractivity contribution < 1.29 is 14.7 Å². The summed E-state index contributed by atoms with van der Waals surface area (Å²) in [7, 11) is 0. The Morgan fingerprint density at radius 3 is 2.43 bits per heavy atom. The first kappa shape index (κ1) is 17.8. The number of aliphatic hydroxyl groups excluding tert-OH is 1. The molecule has 0 fully saturated rings. The molecule has 0 aliphatic rings. The van der Waals surface area contributed by atoms with Crippen molar-refractivity contribution in [3.63, 3.8) is 0 Å². The fraction of sp³-hybridized carbons (Fsp3) is 0.429. The number of hydrogen-bond donors (Lipinski definition) is 3. The van der Waals surface area contributed by atoms with Gasteiger partial charge in [0.2, 0.25) is 0 Å². The summed E-state index contributed by atoms with van der Waals surface area (Å²) in [6.45, 7) is 3.73. The molecule has 0 saturated carbocycles. The molecule has 116 valence electrons. The molecule has 1 aromatic rings. The Morgan fingerprint density at radius 2 is 1.90 bits per heavy atom. The summed E-state index contributed by atoms with van der Waals surface area (Å²) in [4.78, 5) is 23.7. The van der Waals surface area contributed by atoms with Gasteiger partial charge in [-0.2, -0.15) is 0 Å². The predicted octanol–water partition coefficient (Wildman–Crippen LogP) is 2.46. The maximum atomic E-state index is 11.8. The smallest absolute Gasteiger partial charge is 0.313 e. The molecule has 7 heteroatoms. The van der Waals surface area contributed by atoms with Gasteiger partial charge in [0, 0.05) is 17.7 Å². The highest BCUT2D eigenvalue weighted by molar-refractivity contribution is 6.42. The summed E-state index contributed by atoms with van der Waals surface area (Å²) >= 11 is 11.7. The number of aliphatic hydroxyl groups is 1. The van der Waals surface area contributed by atoms with E-state index in [0.29, 0.717) is 17.1 Å². The SMILES string of the molecule is CC(C)C(CCO)NC(=O)C(=O)Nc1ccc(Cl)cc1Cl. The van der Waals surface area contributed by atoms with Crippen LogP contribution in [0.3, 0.4) is 0 Å². The third-order valence-electron chi connectivity index (χ3n) is 2.95. The van der Waals surface area contributed by atoms with Crippen LogP contribution in [0.15, 0.2) is 18.2 Å². The van der Waals surface area contributed by atoms with Crippen LogP contribution >= 0.6 is 23.2 Å². The van der Waals surface area contributed by atoms with E-state index < -0.39 is 11.8 Å². The minimum Gasteiger partial charge on any atom is -0.396 e. The largest absolute Gasteiger partial charge is 0.396 e. The number of amides is 2. The molecule has 0 heterocycles. The van der Waals surface area contributed by atoms with Crippen LogP contribution in [0.4, 0.5) is 5.69 Å². The molecule has 0 aliphatic heterocycles. The topological polar surface area (TPSA) is 78.4 Å². The van der Waals surface area contributed by atoms with Gasteiger partial charge in [-0.3, -0.25) is 9.59 Å². The number of carbonyl (C=O) groups excluding carboxylic acids is 2. The Morgan fingerprint density at radius 1 is 1.24 bits per heavy atom. The standard InChI is InChI=1S/C14H18Cl2N2O3/c1-8(2)11(5-6-19)17-13(20)14(21)18-12-4-3-9(15)7-10(12)16/h3-4,7-8,11,19H,5-6H2,1-2H3,(H,17,20)(H,18,21). The van der Waals surface area contributed by atoms with Crippen LogP contribution in [-0.2, 0) is 9.59 Å². The number of hydrogen-bond acceptors (Lipinski definition) is 3. The second-order valence-electron chi connectivity index (χ2n) is 4.91. The molecule has 1 rings (SSSR count). The average Bonchev–Trinajstić information content (AvgIpc) is 2.41. The van der Waals surface area contributed by atoms with Crippen molar-refractivity contribution in [2.45, 2.75) is 26.3 Å². The number of anilines is 1. The van der Waals surface area contributed by atoms with Crippen LogP contribution in [0.5, 0.6) is 0 Å². The minimum absolute atomic E-state index is 0.0617. The van der Waals surface area contributed by atoms with Crippen LogP contribution in [0, 0.1) is 5.92 Å². The molecule has 0 aliphatic carbocycles. The quantitative estimate of drug-likeness (QED) is 0.724. The van der Waals surface area contributed by atoms with Crippen LogP contribution in [0.25, 0.3) is 0 Å². The van der Waals surface area contributed by atoms with E-state index in [9.17, 15) is 9.59 Å². The first-order valence-electron chi connectivity index (χ1n) is 6.53. The number of carbonyl (C=O) groups is 2. The third-order valence-corrected chi connectivity index (χ3v) is 3.49. The van der Waals surface area contributed by atoms with Gasteiger partial charge in [0.05, 0.1) is 10.7 Å². The van der Waals surface area contributed by atoms with Gasteiger partial charge in [0.15, 0.2) is 0 Å². The molecule has 1 unspecified atom stereocenters. The van der Waals surface area contributed by atoms with Crippen molar-refractivity contribution in [2.24, 2.45) is 5.92 Å². The molecular weight excluding hydrogens is 315 g/mol. The maximum absolute atomic E-state index is 11.8. The Balaban J connectivity index is 2.68. The fourth-order valence-electron chi connectivity index (χ4n) is 1.72. The molecule has 0 radical (unpaired) electrons. The van der Waals surface area contributed by atoms with E-state index in [4.69, 9.17) is 28.3 Å². The van der Waals surface area contributed by atoms with Gasteiger partial charge >= 0.3 is 11.8 Å². The van der Waals surface area contributed by atoms with Crippen molar-refractivity contribution in [1.82, 2.24) is 5.32 Å². The molecule has 5 nitrogen and oxygen atoms in total. The molecule has 2 amide bonds. The maximum Gasteiger partial charge on any atom is 0.313 e. The predicted molar refractivity (Wildman–Crippen MR) is 83.6 cm³/mol. The average molecular weight is 333 g/mol. The zero-order valence-electron chi connectivity index (χ0n) is 11.8. The molecule has 1 atom stereocenters. The van der Waals surface area contributed by atoms with Gasteiger partial charge in [-0.25, -0.2) is 0 Å². The van der Waals surface area contributed by atoms with Crippen molar-refractivity contribution >= 4 is 40.7 Å². The first-order chi connectivity index (χ1) is 9.85. The first-order valence-corrected chi connectivity index (χ1v) is 7.28. The van der Waals surface area contributed by atoms with Crippen molar-refractivity contribution in [1.29, 1.82) is 0 Å². The molecule has 0 spiro atoms. The lowest BCUT2D eigenvalue weighted by atomic mass is 10.0. The van der Waals surface area contributed by atoms with Gasteiger partial charge < -0.3 is 15.7 Å². The van der Waals surface area contributed by atoms with Gasteiger partial charge in [0.25, 0.3) is 0 Å². The zero-order valence-corrected chi connectivity index (χ0v) is 13.3. The Hall–Kier alpha value is -1.30. The zero-order chi connectivity index (χ0) is 16.0. The molecule has 1 aromatic carbocycles. The van der Waals surface area contributed by atoms with E-state index in [-0.39, 0.29) is 23.6 Å². The Kier molecular flexibility index (Phi) is 6.95. The van der Waals surface area contributed by atoms with Crippen LogP contribution in [0.2, 0.25) is 10.0 Å². The van der Waals surface area contributed by atoms with E-state index in [1.54, 1.807) is 6.07 Å². The number of benzene rings is 1. The fourth-order valence-corrected chi connectivity index (χ4v) is 2.17. The molecule has 3 N–H and O–H groups in total. The Bertz CT molecular complexity index is 521. The van der Waals surface area contributed by atoms with Crippen LogP contribution in [-0.4, -0.2) is 29.6 Å². The highest BCUT2D eigenvalue weighted by Gasteiger charge is 2.21. The minimum atomic E-state index is -0.817. The Labute approximate surface area is 133 Å². The summed E-state index contributed by atoms with van der Waals surface area (Å²) in [5.41, 5.74) is 0.310. The summed E-state index contributed by atoms with van der Waals surface area (Å²) in [5, 5.41) is 14.6. The monoisotopic (exact) mass is 332 g/mol. The second-order valence-corrected chi connectivity index (χ2v) is 5.76. The lowest BCUT2D eigenvalue weighted by Crippen LogP contribution is -2.44.